The smallest absolute Gasteiger partial charge is 0.0785 e. The van der Waals surface area contributed by atoms with Crippen molar-refractivity contribution in [2.75, 3.05) is 26.0 Å². The molecule has 0 saturated carbocycles. The van der Waals surface area contributed by atoms with E-state index >= 15 is 0 Å². The summed E-state index contributed by atoms with van der Waals surface area (Å²) in [6.45, 7) is 1.24. The summed E-state index contributed by atoms with van der Waals surface area (Å²) in [7, 11) is 1.62. The lowest BCUT2D eigenvalue weighted by Gasteiger charge is -2.26. The van der Waals surface area contributed by atoms with E-state index in [2.05, 4.69) is 29.6 Å². The van der Waals surface area contributed by atoms with Crippen molar-refractivity contribution in [2.24, 2.45) is 0 Å². The van der Waals surface area contributed by atoms with Crippen LogP contribution in [0.25, 0.3) is 0 Å². The van der Waals surface area contributed by atoms with Gasteiger partial charge in [0.05, 0.1) is 12.7 Å². The average Bonchev–Trinajstić information content (AvgIpc) is 2.39. The molecule has 100 valence electrons. The highest BCUT2D eigenvalue weighted by atomic mass is 32.2. The van der Waals surface area contributed by atoms with Gasteiger partial charge in [-0.25, -0.2) is 0 Å². The molecule has 1 aliphatic rings. The van der Waals surface area contributed by atoms with Gasteiger partial charge < -0.3 is 15.2 Å². The monoisotopic (exact) mass is 267 g/mol. The second-order valence-corrected chi connectivity index (χ2v) is 5.72. The summed E-state index contributed by atoms with van der Waals surface area (Å²) in [4.78, 5) is 1.39. The molecule has 2 rings (SSSR count). The van der Waals surface area contributed by atoms with E-state index in [1.807, 2.05) is 11.8 Å². The molecule has 1 aromatic carbocycles. The molecule has 0 fully saturated rings. The standard InChI is InChI=1S/C14H21NO2S/c1-17-10-11(16)6-8-15-13-7-9-18-14-5-3-2-4-12(13)14/h2-5,11,13,15-16H,6-10H2,1H3. The summed E-state index contributed by atoms with van der Waals surface area (Å²) >= 11 is 1.93. The van der Waals surface area contributed by atoms with Gasteiger partial charge in [-0.15, -0.1) is 11.8 Å². The molecule has 0 spiro atoms. The van der Waals surface area contributed by atoms with Gasteiger partial charge in [-0.3, -0.25) is 0 Å². The maximum Gasteiger partial charge on any atom is 0.0785 e. The molecule has 2 atom stereocenters. The van der Waals surface area contributed by atoms with Crippen molar-refractivity contribution in [1.29, 1.82) is 0 Å². The first-order valence-corrected chi connectivity index (χ1v) is 7.42. The van der Waals surface area contributed by atoms with Crippen LogP contribution in [0.2, 0.25) is 0 Å². The van der Waals surface area contributed by atoms with E-state index in [1.54, 1.807) is 7.11 Å². The minimum Gasteiger partial charge on any atom is -0.391 e. The number of aliphatic hydroxyl groups excluding tert-OH is 1. The first kappa shape index (κ1) is 13.9. The predicted molar refractivity (Wildman–Crippen MR) is 75.0 cm³/mol. The fourth-order valence-corrected chi connectivity index (χ4v) is 3.38. The third kappa shape index (κ3) is 3.72. The van der Waals surface area contributed by atoms with Gasteiger partial charge in [0.15, 0.2) is 0 Å². The van der Waals surface area contributed by atoms with Gasteiger partial charge in [0.2, 0.25) is 0 Å². The summed E-state index contributed by atoms with van der Waals surface area (Å²) in [5.74, 6) is 1.16. The quantitative estimate of drug-likeness (QED) is 0.829. The maximum absolute atomic E-state index is 9.60. The number of fused-ring (bicyclic) bond motifs is 1. The second-order valence-electron chi connectivity index (χ2n) is 4.58. The highest BCUT2D eigenvalue weighted by Gasteiger charge is 2.19. The van der Waals surface area contributed by atoms with E-state index in [9.17, 15) is 5.11 Å². The first-order valence-electron chi connectivity index (χ1n) is 6.43. The van der Waals surface area contributed by atoms with Crippen molar-refractivity contribution in [1.82, 2.24) is 5.32 Å². The van der Waals surface area contributed by atoms with E-state index < -0.39 is 0 Å². The second kappa shape index (κ2) is 7.14. The lowest BCUT2D eigenvalue weighted by Crippen LogP contribution is -2.28. The summed E-state index contributed by atoms with van der Waals surface area (Å²) in [6.07, 6.45) is 1.53. The summed E-state index contributed by atoms with van der Waals surface area (Å²) < 4.78 is 4.92. The van der Waals surface area contributed by atoms with Crippen LogP contribution in [0.1, 0.15) is 24.4 Å². The first-order chi connectivity index (χ1) is 8.81. The minimum absolute atomic E-state index is 0.365. The van der Waals surface area contributed by atoms with Crippen LogP contribution < -0.4 is 5.32 Å². The molecular formula is C14H21NO2S. The van der Waals surface area contributed by atoms with Gasteiger partial charge in [0.1, 0.15) is 0 Å². The van der Waals surface area contributed by atoms with Crippen molar-refractivity contribution in [3.8, 4) is 0 Å². The fraction of sp³-hybridized carbons (Fsp3) is 0.571. The molecule has 1 aliphatic heterocycles. The zero-order valence-corrected chi connectivity index (χ0v) is 11.6. The lowest BCUT2D eigenvalue weighted by atomic mass is 10.0. The number of hydrogen-bond acceptors (Lipinski definition) is 4. The van der Waals surface area contributed by atoms with Crippen LogP contribution in [0, 0.1) is 0 Å². The normalized spacial score (nSPS) is 20.4. The van der Waals surface area contributed by atoms with Gasteiger partial charge in [-0.05, 0) is 36.8 Å². The van der Waals surface area contributed by atoms with Crippen LogP contribution >= 0.6 is 11.8 Å². The third-order valence-corrected chi connectivity index (χ3v) is 4.31. The Balaban J connectivity index is 1.84. The molecule has 0 amide bonds. The molecule has 0 radical (unpaired) electrons. The number of rotatable bonds is 6. The van der Waals surface area contributed by atoms with Gasteiger partial charge in [0, 0.05) is 18.0 Å². The molecule has 2 N–H and O–H groups in total. The molecule has 4 heteroatoms. The van der Waals surface area contributed by atoms with Crippen LogP contribution in [0.15, 0.2) is 29.2 Å². The Hall–Kier alpha value is -0.550. The Bertz CT molecular complexity index is 373. The Morgan fingerprint density at radius 1 is 1.50 bits per heavy atom. The van der Waals surface area contributed by atoms with Crippen LogP contribution in [0.3, 0.4) is 0 Å². The Morgan fingerprint density at radius 3 is 3.17 bits per heavy atom. The number of aliphatic hydroxyl groups is 1. The summed E-state index contributed by atoms with van der Waals surface area (Å²) in [5, 5.41) is 13.1. The van der Waals surface area contributed by atoms with Gasteiger partial charge in [0.25, 0.3) is 0 Å². The number of benzene rings is 1. The van der Waals surface area contributed by atoms with E-state index in [0.717, 1.165) is 25.1 Å². The number of nitrogens with one attached hydrogen (secondary N) is 1. The van der Waals surface area contributed by atoms with Crippen molar-refractivity contribution in [2.45, 2.75) is 29.9 Å². The number of methoxy groups -OCH3 is 1. The highest BCUT2D eigenvalue weighted by Crippen LogP contribution is 2.35. The summed E-state index contributed by atoms with van der Waals surface area (Å²) in [5.41, 5.74) is 1.40. The molecule has 3 nitrogen and oxygen atoms in total. The van der Waals surface area contributed by atoms with Crippen molar-refractivity contribution in [3.63, 3.8) is 0 Å². The molecule has 0 aromatic heterocycles. The van der Waals surface area contributed by atoms with Gasteiger partial charge in [-0.2, -0.15) is 0 Å². The van der Waals surface area contributed by atoms with Crippen molar-refractivity contribution in [3.05, 3.63) is 29.8 Å². The fourth-order valence-electron chi connectivity index (χ4n) is 2.25. The van der Waals surface area contributed by atoms with E-state index in [-0.39, 0.29) is 6.10 Å². The average molecular weight is 267 g/mol. The Kier molecular flexibility index (Phi) is 5.50. The molecule has 18 heavy (non-hydrogen) atoms. The van der Waals surface area contributed by atoms with Crippen LogP contribution in [-0.2, 0) is 4.74 Å². The topological polar surface area (TPSA) is 41.5 Å². The van der Waals surface area contributed by atoms with E-state index in [4.69, 9.17) is 4.74 Å². The SMILES string of the molecule is COCC(O)CCNC1CCSc2ccccc21. The Morgan fingerprint density at radius 2 is 2.33 bits per heavy atom. The molecule has 1 aromatic rings. The van der Waals surface area contributed by atoms with Gasteiger partial charge >= 0.3 is 0 Å². The van der Waals surface area contributed by atoms with E-state index in [1.165, 1.54) is 10.5 Å². The molecule has 1 heterocycles. The zero-order chi connectivity index (χ0) is 12.8. The third-order valence-electron chi connectivity index (χ3n) is 3.19. The van der Waals surface area contributed by atoms with Crippen LogP contribution in [0.4, 0.5) is 0 Å². The van der Waals surface area contributed by atoms with E-state index in [0.29, 0.717) is 12.6 Å². The Labute approximate surface area is 113 Å². The zero-order valence-electron chi connectivity index (χ0n) is 10.8. The van der Waals surface area contributed by atoms with Crippen molar-refractivity contribution >= 4 is 11.8 Å². The molecular weight excluding hydrogens is 246 g/mol. The predicted octanol–water partition coefficient (Wildman–Crippen LogP) is 2.21. The molecule has 2 unspecified atom stereocenters. The number of thioether (sulfide) groups is 1. The van der Waals surface area contributed by atoms with Gasteiger partial charge in [-0.1, -0.05) is 18.2 Å². The largest absolute Gasteiger partial charge is 0.391 e. The summed E-state index contributed by atoms with van der Waals surface area (Å²) in [6, 6.07) is 9.01. The maximum atomic E-state index is 9.60. The molecule has 0 saturated heterocycles. The minimum atomic E-state index is -0.365. The van der Waals surface area contributed by atoms with Crippen molar-refractivity contribution < 1.29 is 9.84 Å². The lowest BCUT2D eigenvalue weighted by molar-refractivity contribution is 0.0589. The number of hydrogen-bond donors (Lipinski definition) is 2. The molecule has 0 aliphatic carbocycles. The number of ether oxygens (including phenoxy) is 1. The van der Waals surface area contributed by atoms with Crippen LogP contribution in [-0.4, -0.2) is 37.2 Å². The molecule has 0 bridgehead atoms. The highest BCUT2D eigenvalue weighted by molar-refractivity contribution is 7.99. The van der Waals surface area contributed by atoms with Crippen LogP contribution in [0.5, 0.6) is 0 Å².